The molecule has 2 rings (SSSR count). The van der Waals surface area contributed by atoms with Gasteiger partial charge in [-0.3, -0.25) is 0 Å². The van der Waals surface area contributed by atoms with E-state index in [4.69, 9.17) is 0 Å². The van der Waals surface area contributed by atoms with Crippen LogP contribution in [-0.4, -0.2) is 22.3 Å². The summed E-state index contributed by atoms with van der Waals surface area (Å²) in [4.78, 5) is 9.36. The van der Waals surface area contributed by atoms with Crippen LogP contribution in [0.5, 0.6) is 0 Å². The zero-order valence-corrected chi connectivity index (χ0v) is 10.4. The van der Waals surface area contributed by atoms with Crippen LogP contribution in [0.25, 0.3) is 0 Å². The van der Waals surface area contributed by atoms with Crippen molar-refractivity contribution in [2.45, 2.75) is 11.4 Å². The molecule has 2 aromatic rings. The third-order valence-corrected chi connectivity index (χ3v) is 3.25. The minimum Gasteiger partial charge on any atom is -0.310 e. The predicted octanol–water partition coefficient (Wildman–Crippen LogP) is 2.36. The fraction of sp³-hybridized carbons (Fsp3) is 0.231. The van der Waals surface area contributed by atoms with Crippen molar-refractivity contribution in [3.63, 3.8) is 0 Å². The van der Waals surface area contributed by atoms with Crippen LogP contribution in [0.1, 0.15) is 5.69 Å². The number of benzene rings is 1. The fourth-order valence-corrected chi connectivity index (χ4v) is 2.23. The smallest absolute Gasteiger partial charge is 0.115 e. The number of rotatable bonds is 6. The van der Waals surface area contributed by atoms with E-state index in [2.05, 4.69) is 39.6 Å². The molecule has 3 nitrogen and oxygen atoms in total. The molecule has 1 aromatic carbocycles. The van der Waals surface area contributed by atoms with Crippen LogP contribution >= 0.6 is 11.8 Å². The van der Waals surface area contributed by atoms with E-state index >= 15 is 0 Å². The maximum absolute atomic E-state index is 4.15. The molecule has 0 unspecified atom stereocenters. The maximum Gasteiger partial charge on any atom is 0.115 e. The van der Waals surface area contributed by atoms with Gasteiger partial charge in [0.2, 0.25) is 0 Å². The summed E-state index contributed by atoms with van der Waals surface area (Å²) in [7, 11) is 0. The van der Waals surface area contributed by atoms with Crippen LogP contribution in [-0.2, 0) is 6.54 Å². The first-order valence-corrected chi connectivity index (χ1v) is 6.57. The van der Waals surface area contributed by atoms with Gasteiger partial charge in [0.1, 0.15) is 6.33 Å². The first-order valence-electron chi connectivity index (χ1n) is 5.58. The number of thioether (sulfide) groups is 1. The Morgan fingerprint density at radius 2 is 2.00 bits per heavy atom. The summed E-state index contributed by atoms with van der Waals surface area (Å²) in [5, 5.41) is 3.36. The number of hydrogen-bond donors (Lipinski definition) is 1. The topological polar surface area (TPSA) is 37.8 Å². The quantitative estimate of drug-likeness (QED) is 0.626. The number of nitrogens with zero attached hydrogens (tertiary/aromatic N) is 2. The van der Waals surface area contributed by atoms with Gasteiger partial charge in [-0.05, 0) is 18.2 Å². The van der Waals surface area contributed by atoms with E-state index in [-0.39, 0.29) is 0 Å². The van der Waals surface area contributed by atoms with Gasteiger partial charge in [0.25, 0.3) is 0 Å². The van der Waals surface area contributed by atoms with E-state index in [9.17, 15) is 0 Å². The largest absolute Gasteiger partial charge is 0.310 e. The SMILES string of the molecule is c1ccc(SCCNCc2ccncn2)cc1. The average molecular weight is 245 g/mol. The molecule has 0 bridgehead atoms. The van der Waals surface area contributed by atoms with E-state index in [0.29, 0.717) is 0 Å². The molecule has 1 heterocycles. The zero-order chi connectivity index (χ0) is 11.8. The molecule has 0 saturated heterocycles. The third-order valence-electron chi connectivity index (χ3n) is 2.24. The fourth-order valence-electron chi connectivity index (χ4n) is 1.40. The van der Waals surface area contributed by atoms with Gasteiger partial charge < -0.3 is 5.32 Å². The van der Waals surface area contributed by atoms with E-state index in [1.54, 1.807) is 12.5 Å². The Balaban J connectivity index is 1.61. The Morgan fingerprint density at radius 3 is 2.76 bits per heavy atom. The van der Waals surface area contributed by atoms with Crippen LogP contribution < -0.4 is 5.32 Å². The summed E-state index contributed by atoms with van der Waals surface area (Å²) in [5.41, 5.74) is 1.03. The lowest BCUT2D eigenvalue weighted by atomic mass is 10.4. The normalized spacial score (nSPS) is 10.4. The van der Waals surface area contributed by atoms with Crippen LogP contribution in [0.2, 0.25) is 0 Å². The third kappa shape index (κ3) is 4.54. The van der Waals surface area contributed by atoms with Gasteiger partial charge in [0, 0.05) is 29.9 Å². The van der Waals surface area contributed by atoms with Crippen LogP contribution in [0, 0.1) is 0 Å². The van der Waals surface area contributed by atoms with Crippen molar-refractivity contribution in [1.29, 1.82) is 0 Å². The van der Waals surface area contributed by atoms with Gasteiger partial charge in [-0.15, -0.1) is 11.8 Å². The molecule has 0 saturated carbocycles. The molecular weight excluding hydrogens is 230 g/mol. The summed E-state index contributed by atoms with van der Waals surface area (Å²) >= 11 is 1.86. The number of aromatic nitrogens is 2. The number of hydrogen-bond acceptors (Lipinski definition) is 4. The Morgan fingerprint density at radius 1 is 1.12 bits per heavy atom. The van der Waals surface area contributed by atoms with Gasteiger partial charge in [0.05, 0.1) is 5.69 Å². The first kappa shape index (κ1) is 12.1. The number of nitrogens with one attached hydrogen (secondary N) is 1. The van der Waals surface area contributed by atoms with E-state index in [1.807, 2.05) is 23.9 Å². The van der Waals surface area contributed by atoms with Gasteiger partial charge in [-0.2, -0.15) is 0 Å². The van der Waals surface area contributed by atoms with Crippen LogP contribution in [0.15, 0.2) is 53.8 Å². The van der Waals surface area contributed by atoms with Crippen molar-refractivity contribution in [2.24, 2.45) is 0 Å². The molecule has 17 heavy (non-hydrogen) atoms. The molecule has 0 aliphatic heterocycles. The monoisotopic (exact) mass is 245 g/mol. The lowest BCUT2D eigenvalue weighted by Gasteiger charge is -2.04. The highest BCUT2D eigenvalue weighted by molar-refractivity contribution is 7.99. The standard InChI is InChI=1S/C13H15N3S/c1-2-4-13(5-3-1)17-9-8-14-10-12-6-7-15-11-16-12/h1-7,11,14H,8-10H2. The van der Waals surface area contributed by atoms with Crippen molar-refractivity contribution in [3.05, 3.63) is 54.6 Å². The molecule has 0 aliphatic carbocycles. The highest BCUT2D eigenvalue weighted by atomic mass is 32.2. The summed E-state index contributed by atoms with van der Waals surface area (Å²) in [6, 6.07) is 12.4. The highest BCUT2D eigenvalue weighted by Gasteiger charge is 1.94. The summed E-state index contributed by atoms with van der Waals surface area (Å²) in [6.07, 6.45) is 3.35. The zero-order valence-electron chi connectivity index (χ0n) is 9.54. The first-order chi connectivity index (χ1) is 8.45. The molecule has 0 atom stereocenters. The van der Waals surface area contributed by atoms with Gasteiger partial charge in [-0.25, -0.2) is 9.97 Å². The van der Waals surface area contributed by atoms with Gasteiger partial charge in [0.15, 0.2) is 0 Å². The van der Waals surface area contributed by atoms with Crippen molar-refractivity contribution >= 4 is 11.8 Å². The molecule has 0 aliphatic rings. The van der Waals surface area contributed by atoms with Crippen molar-refractivity contribution in [2.75, 3.05) is 12.3 Å². The molecule has 0 amide bonds. The molecule has 4 heteroatoms. The minimum absolute atomic E-state index is 0.803. The second-order valence-electron chi connectivity index (χ2n) is 3.54. The van der Waals surface area contributed by atoms with E-state index < -0.39 is 0 Å². The molecule has 0 fully saturated rings. The predicted molar refractivity (Wildman–Crippen MR) is 70.9 cm³/mol. The van der Waals surface area contributed by atoms with Crippen LogP contribution in [0.4, 0.5) is 0 Å². The van der Waals surface area contributed by atoms with Crippen molar-refractivity contribution < 1.29 is 0 Å². The summed E-state index contributed by atoms with van der Waals surface area (Å²) in [5.74, 6) is 1.06. The molecule has 1 aromatic heterocycles. The molecule has 0 spiro atoms. The highest BCUT2D eigenvalue weighted by Crippen LogP contribution is 2.15. The average Bonchev–Trinajstić information content (AvgIpc) is 2.41. The lowest BCUT2D eigenvalue weighted by Crippen LogP contribution is -2.17. The molecule has 88 valence electrons. The Bertz CT molecular complexity index is 378. The molecule has 1 N–H and O–H groups in total. The lowest BCUT2D eigenvalue weighted by molar-refractivity contribution is 0.713. The Hall–Kier alpha value is -1.39. The minimum atomic E-state index is 0.803. The van der Waals surface area contributed by atoms with Crippen molar-refractivity contribution in [3.8, 4) is 0 Å². The Labute approximate surface area is 106 Å². The second kappa shape index (κ2) is 7.04. The van der Waals surface area contributed by atoms with Gasteiger partial charge >= 0.3 is 0 Å². The summed E-state index contributed by atoms with van der Waals surface area (Å²) in [6.45, 7) is 1.78. The van der Waals surface area contributed by atoms with E-state index in [0.717, 1.165) is 24.5 Å². The van der Waals surface area contributed by atoms with Crippen LogP contribution in [0.3, 0.4) is 0 Å². The van der Waals surface area contributed by atoms with E-state index in [1.165, 1.54) is 4.90 Å². The van der Waals surface area contributed by atoms with Gasteiger partial charge in [-0.1, -0.05) is 18.2 Å². The Kier molecular flexibility index (Phi) is 5.00. The second-order valence-corrected chi connectivity index (χ2v) is 4.71. The molecule has 0 radical (unpaired) electrons. The maximum atomic E-state index is 4.15. The van der Waals surface area contributed by atoms with Crippen molar-refractivity contribution in [1.82, 2.24) is 15.3 Å². The summed E-state index contributed by atoms with van der Waals surface area (Å²) < 4.78 is 0. The molecular formula is C13H15N3S.